The van der Waals surface area contributed by atoms with E-state index in [1.807, 2.05) is 36.4 Å². The van der Waals surface area contributed by atoms with Gasteiger partial charge in [0.05, 0.1) is 12.0 Å². The van der Waals surface area contributed by atoms with Crippen molar-refractivity contribution >= 4 is 11.5 Å². The summed E-state index contributed by atoms with van der Waals surface area (Å²) in [5.41, 5.74) is 1.86. The number of carbonyl (C=O) groups excluding carboxylic acids is 1. The van der Waals surface area contributed by atoms with Crippen molar-refractivity contribution in [1.82, 2.24) is 0 Å². The highest BCUT2D eigenvalue weighted by molar-refractivity contribution is 5.99. The number of nitro benzene ring substituents is 1. The molecule has 2 aliphatic rings. The molecule has 2 saturated carbocycles. The average molecular weight is 351 g/mol. The minimum Gasteiger partial charge on any atom is -0.497 e. The van der Waals surface area contributed by atoms with Gasteiger partial charge in [0.25, 0.3) is 5.69 Å². The molecule has 5 nitrogen and oxygen atoms in total. The van der Waals surface area contributed by atoms with Crippen LogP contribution in [-0.4, -0.2) is 17.8 Å². The molecular weight excluding hydrogens is 330 g/mol. The first-order chi connectivity index (χ1) is 12.6. The SMILES string of the molecule is COc1ccc(C(=O)[C@H]2[C@H]3CC[C@H](C3)[C@H]2c2ccc([N+](=O)[O-])cc2)cc1. The van der Waals surface area contributed by atoms with E-state index < -0.39 is 0 Å². The van der Waals surface area contributed by atoms with Crippen LogP contribution in [0.15, 0.2) is 48.5 Å². The first kappa shape index (κ1) is 16.8. The van der Waals surface area contributed by atoms with Crippen LogP contribution in [0.4, 0.5) is 5.69 Å². The highest BCUT2D eigenvalue weighted by Gasteiger charge is 2.51. The fourth-order valence-corrected chi connectivity index (χ4v) is 4.91. The Morgan fingerprint density at radius 3 is 2.31 bits per heavy atom. The standard InChI is InChI=1S/C21H21NO4/c1-26-18-10-6-14(7-11-18)21(23)20-16-3-2-15(12-16)19(20)13-4-8-17(9-5-13)22(24)25/h4-11,15-16,19-20H,2-3,12H2,1H3/t15-,16+,19-,20+/m1/s1. The van der Waals surface area contributed by atoms with Crippen molar-refractivity contribution in [2.45, 2.75) is 25.2 Å². The fourth-order valence-electron chi connectivity index (χ4n) is 4.91. The first-order valence-corrected chi connectivity index (χ1v) is 9.01. The van der Waals surface area contributed by atoms with E-state index >= 15 is 0 Å². The number of hydrogen-bond donors (Lipinski definition) is 0. The van der Waals surface area contributed by atoms with Crippen LogP contribution in [0.2, 0.25) is 0 Å². The molecule has 0 heterocycles. The molecule has 0 spiro atoms. The minimum atomic E-state index is -0.384. The van der Waals surface area contributed by atoms with E-state index in [4.69, 9.17) is 4.74 Å². The van der Waals surface area contributed by atoms with Crippen LogP contribution in [0.1, 0.15) is 41.1 Å². The summed E-state index contributed by atoms with van der Waals surface area (Å²) in [7, 11) is 1.61. The first-order valence-electron chi connectivity index (χ1n) is 9.01. The number of nitro groups is 1. The highest BCUT2D eigenvalue weighted by atomic mass is 16.6. The minimum absolute atomic E-state index is 0.0383. The van der Waals surface area contributed by atoms with E-state index in [0.717, 1.165) is 36.1 Å². The third-order valence-electron chi connectivity index (χ3n) is 6.08. The number of ketones is 1. The average Bonchev–Trinajstić information content (AvgIpc) is 3.29. The molecule has 4 atom stereocenters. The Morgan fingerprint density at radius 1 is 1.04 bits per heavy atom. The molecule has 4 rings (SSSR count). The lowest BCUT2D eigenvalue weighted by Gasteiger charge is -2.30. The third-order valence-corrected chi connectivity index (χ3v) is 6.08. The fraction of sp³-hybridized carbons (Fsp3) is 0.381. The summed E-state index contributed by atoms with van der Waals surface area (Å²) in [5.74, 6) is 1.95. The van der Waals surface area contributed by atoms with E-state index in [2.05, 4.69) is 0 Å². The maximum atomic E-state index is 13.2. The van der Waals surface area contributed by atoms with Gasteiger partial charge in [0.1, 0.15) is 5.75 Å². The van der Waals surface area contributed by atoms with Gasteiger partial charge in [-0.3, -0.25) is 14.9 Å². The summed E-state index contributed by atoms with van der Waals surface area (Å²) in [6.45, 7) is 0. The molecule has 134 valence electrons. The van der Waals surface area contributed by atoms with Crippen LogP contribution >= 0.6 is 0 Å². The van der Waals surface area contributed by atoms with E-state index in [0.29, 0.717) is 11.8 Å². The Morgan fingerprint density at radius 2 is 1.69 bits per heavy atom. The lowest BCUT2D eigenvalue weighted by molar-refractivity contribution is -0.384. The Kier molecular flexibility index (Phi) is 4.23. The molecule has 2 aromatic rings. The van der Waals surface area contributed by atoms with Gasteiger partial charge in [-0.1, -0.05) is 12.1 Å². The van der Waals surface area contributed by atoms with E-state index in [1.165, 1.54) is 0 Å². The number of ether oxygens (including phenoxy) is 1. The molecule has 5 heteroatoms. The molecule has 2 aliphatic carbocycles. The van der Waals surface area contributed by atoms with Gasteiger partial charge in [-0.25, -0.2) is 0 Å². The summed E-state index contributed by atoms with van der Waals surface area (Å²) in [5, 5.41) is 10.9. The predicted octanol–water partition coefficient (Wildman–Crippen LogP) is 4.62. The zero-order valence-electron chi connectivity index (χ0n) is 14.6. The molecular formula is C21H21NO4. The van der Waals surface area contributed by atoms with Crippen molar-refractivity contribution in [2.75, 3.05) is 7.11 Å². The van der Waals surface area contributed by atoms with Gasteiger partial charge in [0, 0.05) is 23.6 Å². The van der Waals surface area contributed by atoms with Gasteiger partial charge in [0.15, 0.2) is 5.78 Å². The van der Waals surface area contributed by atoms with Crippen LogP contribution < -0.4 is 4.74 Å². The van der Waals surface area contributed by atoms with Crippen molar-refractivity contribution in [2.24, 2.45) is 17.8 Å². The number of hydrogen-bond acceptors (Lipinski definition) is 4. The lowest BCUT2D eigenvalue weighted by Crippen LogP contribution is -2.28. The molecule has 0 aliphatic heterocycles. The topological polar surface area (TPSA) is 69.4 Å². The van der Waals surface area contributed by atoms with E-state index in [1.54, 1.807) is 19.2 Å². The molecule has 0 N–H and O–H groups in total. The molecule has 0 unspecified atom stereocenters. The van der Waals surface area contributed by atoms with Crippen molar-refractivity contribution in [3.05, 3.63) is 69.8 Å². The van der Waals surface area contributed by atoms with Crippen LogP contribution in [0.25, 0.3) is 0 Å². The van der Waals surface area contributed by atoms with Crippen molar-refractivity contribution in [1.29, 1.82) is 0 Å². The summed E-state index contributed by atoms with van der Waals surface area (Å²) < 4.78 is 5.18. The smallest absolute Gasteiger partial charge is 0.269 e. The number of benzene rings is 2. The van der Waals surface area contributed by atoms with Crippen molar-refractivity contribution in [3.8, 4) is 5.75 Å². The summed E-state index contributed by atoms with van der Waals surface area (Å²) in [6, 6.07) is 14.1. The molecule has 2 bridgehead atoms. The maximum Gasteiger partial charge on any atom is 0.269 e. The zero-order valence-corrected chi connectivity index (χ0v) is 14.6. The summed E-state index contributed by atoms with van der Waals surface area (Å²) >= 11 is 0. The van der Waals surface area contributed by atoms with Crippen LogP contribution in [0.5, 0.6) is 5.75 Å². The highest BCUT2D eigenvalue weighted by Crippen LogP contribution is 2.57. The van der Waals surface area contributed by atoms with Crippen molar-refractivity contribution < 1.29 is 14.5 Å². The summed E-state index contributed by atoms with van der Waals surface area (Å²) in [4.78, 5) is 23.8. The Balaban J connectivity index is 1.64. The quantitative estimate of drug-likeness (QED) is 0.448. The Bertz CT molecular complexity index is 828. The molecule has 0 amide bonds. The second-order valence-corrected chi connectivity index (χ2v) is 7.33. The van der Waals surface area contributed by atoms with Gasteiger partial charge in [-0.15, -0.1) is 0 Å². The second-order valence-electron chi connectivity index (χ2n) is 7.33. The van der Waals surface area contributed by atoms with Crippen LogP contribution in [0.3, 0.4) is 0 Å². The normalized spacial score (nSPS) is 26.7. The molecule has 26 heavy (non-hydrogen) atoms. The van der Waals surface area contributed by atoms with Crippen molar-refractivity contribution in [3.63, 3.8) is 0 Å². The Labute approximate surface area is 152 Å². The van der Waals surface area contributed by atoms with Gasteiger partial charge in [0.2, 0.25) is 0 Å². The number of nitrogens with zero attached hydrogens (tertiary/aromatic N) is 1. The van der Waals surface area contributed by atoms with Gasteiger partial charge >= 0.3 is 0 Å². The largest absolute Gasteiger partial charge is 0.497 e. The van der Waals surface area contributed by atoms with Crippen LogP contribution in [0, 0.1) is 27.9 Å². The van der Waals surface area contributed by atoms with Gasteiger partial charge < -0.3 is 4.74 Å². The molecule has 0 saturated heterocycles. The van der Waals surface area contributed by atoms with Gasteiger partial charge in [-0.2, -0.15) is 0 Å². The Hall–Kier alpha value is -2.69. The number of rotatable bonds is 5. The maximum absolute atomic E-state index is 13.2. The third kappa shape index (κ3) is 2.77. The zero-order chi connectivity index (χ0) is 18.3. The summed E-state index contributed by atoms with van der Waals surface area (Å²) in [6.07, 6.45) is 3.31. The monoisotopic (exact) mass is 351 g/mol. The number of fused-ring (bicyclic) bond motifs is 2. The number of methoxy groups -OCH3 is 1. The molecule has 0 radical (unpaired) electrons. The number of non-ortho nitro benzene ring substituents is 1. The number of carbonyl (C=O) groups is 1. The van der Waals surface area contributed by atoms with E-state index in [-0.39, 0.29) is 28.2 Å². The molecule has 2 aromatic carbocycles. The lowest BCUT2D eigenvalue weighted by atomic mass is 9.72. The molecule has 2 fully saturated rings. The second kappa shape index (κ2) is 6.56. The van der Waals surface area contributed by atoms with Crippen LogP contribution in [-0.2, 0) is 0 Å². The predicted molar refractivity (Wildman–Crippen MR) is 97.5 cm³/mol. The number of Topliss-reactive ketones (excluding diaryl/α,β-unsaturated/α-hetero) is 1. The van der Waals surface area contributed by atoms with E-state index in [9.17, 15) is 14.9 Å². The van der Waals surface area contributed by atoms with Gasteiger partial charge in [-0.05, 0) is 66.8 Å². The molecule has 0 aromatic heterocycles.